The molecule has 0 bridgehead atoms. The zero-order chi connectivity index (χ0) is 24.4. The molecule has 0 saturated carbocycles. The molecule has 1 amide bonds. The number of thiophene rings is 1. The molecular weight excluding hydrogens is 468 g/mol. The van der Waals surface area contributed by atoms with Gasteiger partial charge in [-0.25, -0.2) is 0 Å². The average molecular weight is 491 g/mol. The van der Waals surface area contributed by atoms with Crippen LogP contribution in [0.5, 0.6) is 5.75 Å². The molecular formula is C26H23ClN4O2S. The van der Waals surface area contributed by atoms with Gasteiger partial charge in [-0.1, -0.05) is 11.6 Å². The predicted octanol–water partition coefficient (Wildman–Crippen LogP) is 6.11. The van der Waals surface area contributed by atoms with Crippen molar-refractivity contribution in [3.05, 3.63) is 67.8 Å². The summed E-state index contributed by atoms with van der Waals surface area (Å²) < 4.78 is 7.33. The van der Waals surface area contributed by atoms with Crippen LogP contribution in [0.25, 0.3) is 11.1 Å². The van der Waals surface area contributed by atoms with Crippen LogP contribution in [0.4, 0.5) is 5.69 Å². The van der Waals surface area contributed by atoms with Gasteiger partial charge in [0.2, 0.25) is 0 Å². The summed E-state index contributed by atoms with van der Waals surface area (Å²) in [6.45, 7) is 3.90. The molecule has 1 aliphatic carbocycles. The quantitative estimate of drug-likeness (QED) is 0.345. The number of hydrogen-bond acceptors (Lipinski definition) is 5. The number of nitrogens with one attached hydrogen (secondary N) is 1. The van der Waals surface area contributed by atoms with Gasteiger partial charge in [0.1, 0.15) is 28.5 Å². The third kappa shape index (κ3) is 4.33. The lowest BCUT2D eigenvalue weighted by Gasteiger charge is -2.10. The minimum Gasteiger partial charge on any atom is -0.495 e. The van der Waals surface area contributed by atoms with E-state index in [1.54, 1.807) is 35.6 Å². The first-order valence-electron chi connectivity index (χ1n) is 10.9. The number of carbonyl (C=O) groups is 1. The van der Waals surface area contributed by atoms with Crippen LogP contribution in [-0.2, 0) is 17.6 Å². The van der Waals surface area contributed by atoms with Gasteiger partial charge in [0.25, 0.3) is 5.91 Å². The second-order valence-corrected chi connectivity index (χ2v) is 9.65. The molecule has 0 unspecified atom stereocenters. The fourth-order valence-electron chi connectivity index (χ4n) is 4.34. The third-order valence-electron chi connectivity index (χ3n) is 6.01. The van der Waals surface area contributed by atoms with Crippen LogP contribution in [-0.4, -0.2) is 17.6 Å². The number of nitriles is 2. The predicted molar refractivity (Wildman–Crippen MR) is 135 cm³/mol. The Bertz CT molecular complexity index is 1400. The van der Waals surface area contributed by atoms with E-state index >= 15 is 0 Å². The summed E-state index contributed by atoms with van der Waals surface area (Å²) in [5.74, 6) is -0.115. The van der Waals surface area contributed by atoms with Gasteiger partial charge in [0.05, 0.1) is 18.4 Å². The van der Waals surface area contributed by atoms with Crippen LogP contribution in [0.2, 0.25) is 5.02 Å². The molecule has 2 heterocycles. The number of anilines is 1. The first-order valence-corrected chi connectivity index (χ1v) is 12.1. The van der Waals surface area contributed by atoms with Crippen molar-refractivity contribution in [2.45, 2.75) is 39.5 Å². The summed E-state index contributed by atoms with van der Waals surface area (Å²) in [7, 11) is 1.49. The second-order valence-electron chi connectivity index (χ2n) is 8.13. The Morgan fingerprint density at radius 1 is 1.24 bits per heavy atom. The van der Waals surface area contributed by atoms with E-state index in [1.807, 2.05) is 26.0 Å². The van der Waals surface area contributed by atoms with Crippen LogP contribution in [0.1, 0.15) is 45.8 Å². The van der Waals surface area contributed by atoms with Crippen molar-refractivity contribution in [2.24, 2.45) is 0 Å². The van der Waals surface area contributed by atoms with Crippen LogP contribution < -0.4 is 10.1 Å². The van der Waals surface area contributed by atoms with Crippen molar-refractivity contribution in [3.63, 3.8) is 0 Å². The van der Waals surface area contributed by atoms with E-state index in [0.29, 0.717) is 16.5 Å². The molecule has 0 saturated heterocycles. The summed E-state index contributed by atoms with van der Waals surface area (Å²) in [5.41, 5.74) is 4.80. The number of fused-ring (bicyclic) bond motifs is 1. The number of amides is 1. The normalized spacial score (nSPS) is 13.1. The molecule has 1 aliphatic rings. The van der Waals surface area contributed by atoms with E-state index in [1.165, 1.54) is 17.6 Å². The Kier molecular flexibility index (Phi) is 6.79. The minimum absolute atomic E-state index is 0.0479. The van der Waals surface area contributed by atoms with Gasteiger partial charge in [0, 0.05) is 21.3 Å². The van der Waals surface area contributed by atoms with E-state index in [-0.39, 0.29) is 5.57 Å². The molecule has 8 heteroatoms. The number of rotatable bonds is 5. The zero-order valence-corrected chi connectivity index (χ0v) is 20.7. The van der Waals surface area contributed by atoms with Crippen LogP contribution in [0.3, 0.4) is 0 Å². The number of nitrogens with zero attached hydrogens (tertiary/aromatic N) is 3. The first-order chi connectivity index (χ1) is 16.4. The van der Waals surface area contributed by atoms with Crippen LogP contribution >= 0.6 is 22.9 Å². The van der Waals surface area contributed by atoms with Gasteiger partial charge in [-0.2, -0.15) is 10.5 Å². The highest BCUT2D eigenvalue weighted by Crippen LogP contribution is 2.38. The maximum Gasteiger partial charge on any atom is 0.266 e. The lowest BCUT2D eigenvalue weighted by molar-refractivity contribution is -0.112. The fourth-order valence-corrected chi connectivity index (χ4v) is 5.96. The van der Waals surface area contributed by atoms with Crippen molar-refractivity contribution in [1.82, 2.24) is 4.57 Å². The van der Waals surface area contributed by atoms with Gasteiger partial charge in [-0.15, -0.1) is 11.3 Å². The molecule has 0 spiro atoms. The fraction of sp³-hybridized carbons (Fsp3) is 0.269. The average Bonchev–Trinajstić information content (AvgIpc) is 3.32. The minimum atomic E-state index is -0.558. The van der Waals surface area contributed by atoms with Crippen molar-refractivity contribution in [2.75, 3.05) is 12.4 Å². The molecule has 4 rings (SSSR count). The molecule has 6 nitrogen and oxygen atoms in total. The van der Waals surface area contributed by atoms with Gasteiger partial charge in [-0.05, 0) is 81.0 Å². The Morgan fingerprint density at radius 3 is 2.71 bits per heavy atom. The molecule has 0 fully saturated rings. The van der Waals surface area contributed by atoms with Gasteiger partial charge < -0.3 is 14.6 Å². The van der Waals surface area contributed by atoms with E-state index in [9.17, 15) is 15.3 Å². The SMILES string of the molecule is COc1ccc(Cl)cc1NC(=O)/C(C#N)=C/c1cc(C)n(-c2sc3c(c2C#N)CCCC3)c1C. The van der Waals surface area contributed by atoms with Crippen molar-refractivity contribution in [1.29, 1.82) is 10.5 Å². The number of aromatic nitrogens is 1. The molecule has 3 aromatic rings. The summed E-state index contributed by atoms with van der Waals surface area (Å²) >= 11 is 7.72. The number of halogens is 1. The maximum atomic E-state index is 12.9. The topological polar surface area (TPSA) is 90.8 Å². The number of aryl methyl sites for hydroxylation is 2. The standard InChI is InChI=1S/C26H23ClN4O2S/c1-15-10-17(11-18(13-28)25(32)30-22-12-19(27)8-9-23(22)33-3)16(2)31(15)26-21(14-29)20-6-4-5-7-24(20)34-26/h8-12H,4-7H2,1-3H3,(H,30,32)/b18-11+. The smallest absolute Gasteiger partial charge is 0.266 e. The Balaban J connectivity index is 1.71. The van der Waals surface area contributed by atoms with Gasteiger partial charge in [-0.3, -0.25) is 4.79 Å². The molecule has 34 heavy (non-hydrogen) atoms. The Labute approximate surface area is 207 Å². The highest BCUT2D eigenvalue weighted by Gasteiger charge is 2.24. The lowest BCUT2D eigenvalue weighted by Crippen LogP contribution is -2.14. The van der Waals surface area contributed by atoms with Crippen molar-refractivity contribution < 1.29 is 9.53 Å². The number of carbonyl (C=O) groups excluding carboxylic acids is 1. The number of ether oxygens (including phenoxy) is 1. The molecule has 1 N–H and O–H groups in total. The second kappa shape index (κ2) is 9.77. The summed E-state index contributed by atoms with van der Waals surface area (Å²) in [5, 5.41) is 23.7. The monoisotopic (exact) mass is 490 g/mol. The molecule has 2 aromatic heterocycles. The molecule has 0 aliphatic heterocycles. The van der Waals surface area contributed by atoms with Gasteiger partial charge in [0.15, 0.2) is 0 Å². The van der Waals surface area contributed by atoms with E-state index in [2.05, 4.69) is 16.0 Å². The van der Waals surface area contributed by atoms with Gasteiger partial charge >= 0.3 is 0 Å². The summed E-state index contributed by atoms with van der Waals surface area (Å²) in [4.78, 5) is 14.2. The van der Waals surface area contributed by atoms with E-state index in [4.69, 9.17) is 16.3 Å². The highest BCUT2D eigenvalue weighted by atomic mass is 35.5. The van der Waals surface area contributed by atoms with E-state index in [0.717, 1.165) is 53.2 Å². The zero-order valence-electron chi connectivity index (χ0n) is 19.2. The largest absolute Gasteiger partial charge is 0.495 e. The first kappa shape index (κ1) is 23.6. The van der Waals surface area contributed by atoms with Crippen molar-refractivity contribution in [3.8, 4) is 22.9 Å². The summed E-state index contributed by atoms with van der Waals surface area (Å²) in [6.07, 6.45) is 5.77. The van der Waals surface area contributed by atoms with Crippen LogP contribution in [0.15, 0.2) is 29.8 Å². The lowest BCUT2D eigenvalue weighted by atomic mass is 9.96. The van der Waals surface area contributed by atoms with Crippen LogP contribution in [0, 0.1) is 36.5 Å². The Hall–Kier alpha value is -3.52. The number of methoxy groups -OCH3 is 1. The molecule has 1 aromatic carbocycles. The highest BCUT2D eigenvalue weighted by molar-refractivity contribution is 7.15. The molecule has 172 valence electrons. The number of hydrogen-bond donors (Lipinski definition) is 1. The van der Waals surface area contributed by atoms with Crippen molar-refractivity contribution >= 4 is 40.6 Å². The van der Waals surface area contributed by atoms with E-state index < -0.39 is 5.91 Å². The Morgan fingerprint density at radius 2 is 2.00 bits per heavy atom. The molecule has 0 radical (unpaired) electrons. The maximum absolute atomic E-state index is 12.9. The number of benzene rings is 1. The summed E-state index contributed by atoms with van der Waals surface area (Å²) in [6, 6.07) is 11.2. The molecule has 0 atom stereocenters. The third-order valence-corrected chi connectivity index (χ3v) is 7.52.